The summed E-state index contributed by atoms with van der Waals surface area (Å²) in [4.78, 5) is 34.6. The van der Waals surface area contributed by atoms with Gasteiger partial charge in [0, 0.05) is 0 Å². The fourth-order valence-electron chi connectivity index (χ4n) is 1.92. The minimum Gasteiger partial charge on any atom is -0.445 e. The van der Waals surface area contributed by atoms with Crippen LogP contribution in [0.25, 0.3) is 0 Å². The third-order valence-corrected chi connectivity index (χ3v) is 3.19. The molecular weight excluding hydrogens is 310 g/mol. The molecule has 7 nitrogen and oxygen atoms in total. The molecule has 0 saturated heterocycles. The number of rotatable bonds is 10. The lowest BCUT2D eigenvalue weighted by molar-refractivity contribution is -0.127. The van der Waals surface area contributed by atoms with Crippen LogP contribution in [0.2, 0.25) is 0 Å². The summed E-state index contributed by atoms with van der Waals surface area (Å²) in [7, 11) is 0. The van der Waals surface area contributed by atoms with Crippen LogP contribution in [0, 0.1) is 0 Å². The van der Waals surface area contributed by atoms with Crippen LogP contribution < -0.4 is 16.4 Å². The molecule has 0 aliphatic heterocycles. The molecule has 0 spiro atoms. The first-order valence-electron chi connectivity index (χ1n) is 7.67. The van der Waals surface area contributed by atoms with Gasteiger partial charge in [-0.3, -0.25) is 9.59 Å². The zero-order chi connectivity index (χ0) is 17.8. The summed E-state index contributed by atoms with van der Waals surface area (Å²) in [6.07, 6.45) is 2.85. The number of ether oxygens (including phenoxy) is 1. The first kappa shape index (κ1) is 19.2. The molecule has 1 aromatic carbocycles. The van der Waals surface area contributed by atoms with E-state index in [1.165, 1.54) is 0 Å². The topological polar surface area (TPSA) is 111 Å². The molecular formula is C17H23N3O4. The van der Waals surface area contributed by atoms with E-state index in [-0.39, 0.29) is 13.2 Å². The zero-order valence-corrected chi connectivity index (χ0v) is 13.5. The summed E-state index contributed by atoms with van der Waals surface area (Å²) in [6.45, 7) is 3.40. The molecule has 0 fully saturated rings. The normalized spacial score (nSPS) is 11.2. The van der Waals surface area contributed by atoms with Crippen molar-refractivity contribution < 1.29 is 19.1 Å². The molecule has 0 aliphatic rings. The van der Waals surface area contributed by atoms with Gasteiger partial charge >= 0.3 is 6.09 Å². The van der Waals surface area contributed by atoms with Gasteiger partial charge in [0.15, 0.2) is 0 Å². The number of nitrogens with one attached hydrogen (secondary N) is 2. The highest BCUT2D eigenvalue weighted by Crippen LogP contribution is 2.02. The third kappa shape index (κ3) is 7.98. The second-order valence-corrected chi connectivity index (χ2v) is 5.16. The Kier molecular flexibility index (Phi) is 8.67. The highest BCUT2D eigenvalue weighted by molar-refractivity contribution is 5.88. The highest BCUT2D eigenvalue weighted by Gasteiger charge is 2.17. The van der Waals surface area contributed by atoms with Crippen molar-refractivity contribution in [3.05, 3.63) is 48.6 Å². The Labute approximate surface area is 141 Å². The van der Waals surface area contributed by atoms with Crippen LogP contribution >= 0.6 is 0 Å². The number of primary amides is 1. The lowest BCUT2D eigenvalue weighted by atomic mass is 10.1. The summed E-state index contributed by atoms with van der Waals surface area (Å²) in [6, 6.07) is 8.40. The maximum atomic E-state index is 11.8. The molecule has 0 aromatic heterocycles. The molecule has 4 N–H and O–H groups in total. The molecule has 130 valence electrons. The highest BCUT2D eigenvalue weighted by atomic mass is 16.5. The third-order valence-electron chi connectivity index (χ3n) is 3.19. The second kappa shape index (κ2) is 10.8. The average molecular weight is 333 g/mol. The summed E-state index contributed by atoms with van der Waals surface area (Å²) >= 11 is 0. The fraction of sp³-hybridized carbons (Fsp3) is 0.353. The van der Waals surface area contributed by atoms with Crippen molar-refractivity contribution in [2.75, 3.05) is 6.54 Å². The van der Waals surface area contributed by atoms with E-state index in [1.54, 1.807) is 6.08 Å². The Bertz CT molecular complexity index is 560. The molecule has 0 heterocycles. The minimum absolute atomic E-state index is 0.111. The zero-order valence-electron chi connectivity index (χ0n) is 13.5. The number of hydrogen-bond donors (Lipinski definition) is 3. The summed E-state index contributed by atoms with van der Waals surface area (Å²) in [5, 5.41) is 4.81. The van der Waals surface area contributed by atoms with Crippen molar-refractivity contribution in [3.63, 3.8) is 0 Å². The van der Waals surface area contributed by atoms with E-state index < -0.39 is 23.9 Å². The maximum absolute atomic E-state index is 11.8. The summed E-state index contributed by atoms with van der Waals surface area (Å²) in [5.74, 6) is -1.12. The number of unbranched alkanes of at least 4 members (excludes halogenated alkanes) is 1. The largest absolute Gasteiger partial charge is 0.445 e. The van der Waals surface area contributed by atoms with E-state index in [2.05, 4.69) is 17.2 Å². The van der Waals surface area contributed by atoms with Crippen LogP contribution in [0.5, 0.6) is 0 Å². The van der Waals surface area contributed by atoms with E-state index in [4.69, 9.17) is 10.5 Å². The van der Waals surface area contributed by atoms with Crippen molar-refractivity contribution in [2.45, 2.75) is 31.9 Å². The van der Waals surface area contributed by atoms with E-state index in [9.17, 15) is 14.4 Å². The number of amides is 3. The van der Waals surface area contributed by atoms with Crippen LogP contribution in [0.4, 0.5) is 4.79 Å². The predicted molar refractivity (Wildman–Crippen MR) is 89.8 cm³/mol. The Hall–Kier alpha value is -2.83. The lowest BCUT2D eigenvalue weighted by Gasteiger charge is -2.15. The summed E-state index contributed by atoms with van der Waals surface area (Å²) < 4.78 is 4.98. The van der Waals surface area contributed by atoms with Gasteiger partial charge in [0.05, 0.1) is 0 Å². The van der Waals surface area contributed by atoms with Crippen molar-refractivity contribution in [3.8, 4) is 0 Å². The quantitative estimate of drug-likeness (QED) is 0.442. The fourth-order valence-corrected chi connectivity index (χ4v) is 1.92. The van der Waals surface area contributed by atoms with Gasteiger partial charge in [0.1, 0.15) is 19.2 Å². The Morgan fingerprint density at radius 3 is 2.58 bits per heavy atom. The van der Waals surface area contributed by atoms with Gasteiger partial charge in [-0.05, 0) is 24.8 Å². The first-order chi connectivity index (χ1) is 11.5. The van der Waals surface area contributed by atoms with Gasteiger partial charge in [-0.1, -0.05) is 36.4 Å². The van der Waals surface area contributed by atoms with Crippen molar-refractivity contribution in [1.82, 2.24) is 10.6 Å². The molecule has 0 aliphatic carbocycles. The van der Waals surface area contributed by atoms with Crippen LogP contribution in [0.3, 0.4) is 0 Å². The van der Waals surface area contributed by atoms with E-state index in [0.717, 1.165) is 12.0 Å². The molecule has 0 bridgehead atoms. The number of nitrogens with two attached hydrogens (primary N) is 1. The number of hydrogen-bond acceptors (Lipinski definition) is 4. The van der Waals surface area contributed by atoms with Gasteiger partial charge in [0.2, 0.25) is 11.8 Å². The number of carbonyl (C=O) groups is 3. The maximum Gasteiger partial charge on any atom is 0.407 e. The molecule has 1 atom stereocenters. The van der Waals surface area contributed by atoms with Gasteiger partial charge in [0.25, 0.3) is 0 Å². The molecule has 0 radical (unpaired) electrons. The van der Waals surface area contributed by atoms with Crippen LogP contribution in [0.1, 0.15) is 24.8 Å². The predicted octanol–water partition coefficient (Wildman–Crippen LogP) is 1.24. The lowest BCUT2D eigenvalue weighted by Crippen LogP contribution is -2.47. The molecule has 24 heavy (non-hydrogen) atoms. The van der Waals surface area contributed by atoms with Gasteiger partial charge < -0.3 is 21.1 Å². The monoisotopic (exact) mass is 333 g/mol. The number of alkyl carbamates (subject to hydrolysis) is 1. The Morgan fingerprint density at radius 2 is 1.96 bits per heavy atom. The smallest absolute Gasteiger partial charge is 0.407 e. The van der Waals surface area contributed by atoms with Crippen LogP contribution in [-0.2, 0) is 20.9 Å². The van der Waals surface area contributed by atoms with E-state index in [0.29, 0.717) is 12.8 Å². The number of allylic oxidation sites excluding steroid dienone is 1. The van der Waals surface area contributed by atoms with Crippen LogP contribution in [-0.4, -0.2) is 30.5 Å². The Balaban J connectivity index is 2.29. The van der Waals surface area contributed by atoms with Gasteiger partial charge in [-0.25, -0.2) is 4.79 Å². The number of carbonyl (C=O) groups excluding carboxylic acids is 3. The van der Waals surface area contributed by atoms with Crippen LogP contribution in [0.15, 0.2) is 43.0 Å². The Morgan fingerprint density at radius 1 is 1.25 bits per heavy atom. The van der Waals surface area contributed by atoms with E-state index >= 15 is 0 Å². The van der Waals surface area contributed by atoms with Gasteiger partial charge in [-0.2, -0.15) is 0 Å². The average Bonchev–Trinajstić information content (AvgIpc) is 2.58. The standard InChI is InChI=1S/C17H23N3O4/c1-2-3-5-10-14(16(18)22)20-15(21)11-19-17(23)24-12-13-8-6-4-7-9-13/h2,4,6-9,14H,1,3,5,10-12H2,(H2,18,22)(H,19,23)(H,20,21)/t14-/m1/s1. The molecule has 3 amide bonds. The van der Waals surface area contributed by atoms with Crippen molar-refractivity contribution in [2.24, 2.45) is 5.73 Å². The molecule has 0 unspecified atom stereocenters. The molecule has 1 aromatic rings. The van der Waals surface area contributed by atoms with Crippen molar-refractivity contribution in [1.29, 1.82) is 0 Å². The minimum atomic E-state index is -0.764. The SMILES string of the molecule is C=CCCC[C@@H](NC(=O)CNC(=O)OCc1ccccc1)C(N)=O. The number of benzene rings is 1. The summed E-state index contributed by atoms with van der Waals surface area (Å²) in [5.41, 5.74) is 6.08. The molecule has 0 saturated carbocycles. The van der Waals surface area contributed by atoms with E-state index in [1.807, 2.05) is 30.3 Å². The van der Waals surface area contributed by atoms with Gasteiger partial charge in [-0.15, -0.1) is 6.58 Å². The molecule has 7 heteroatoms. The second-order valence-electron chi connectivity index (χ2n) is 5.16. The van der Waals surface area contributed by atoms with Crippen molar-refractivity contribution >= 4 is 17.9 Å². The first-order valence-corrected chi connectivity index (χ1v) is 7.67. The molecule has 1 rings (SSSR count).